The highest BCUT2D eigenvalue weighted by Gasteiger charge is 2.28. The Morgan fingerprint density at radius 3 is 2.41 bits per heavy atom. The van der Waals surface area contributed by atoms with Gasteiger partial charge in [0.2, 0.25) is 6.79 Å². The topological polar surface area (TPSA) is 90.7 Å². The summed E-state index contributed by atoms with van der Waals surface area (Å²) in [5.74, 6) is 1.03. The minimum Gasteiger partial charge on any atom is -0.454 e. The molecule has 1 saturated heterocycles. The molecule has 1 fully saturated rings. The van der Waals surface area contributed by atoms with Crippen LogP contribution in [-0.4, -0.2) is 56.2 Å². The van der Waals surface area contributed by atoms with Gasteiger partial charge in [0, 0.05) is 0 Å². The molecule has 1 aromatic rings. The maximum atomic E-state index is 11.3. The number of benzene rings is 1. The van der Waals surface area contributed by atoms with Gasteiger partial charge in [0.25, 0.3) is 5.69 Å². The van der Waals surface area contributed by atoms with Crippen LogP contribution in [-0.2, 0) is 6.54 Å². The second kappa shape index (κ2) is 6.47. The van der Waals surface area contributed by atoms with E-state index in [0.717, 1.165) is 32.7 Å². The predicted octanol–water partition coefficient (Wildman–Crippen LogP) is -2.40. The number of ether oxygens (including phenoxy) is 2. The molecule has 0 unspecified atom stereocenters. The molecule has 2 aliphatic heterocycles. The lowest BCUT2D eigenvalue weighted by Gasteiger charge is -2.29. The number of quaternary nitrogens is 2. The lowest BCUT2D eigenvalue weighted by Crippen LogP contribution is -3.27. The molecule has 2 heterocycles. The lowest BCUT2D eigenvalue weighted by molar-refractivity contribution is -1.02. The van der Waals surface area contributed by atoms with Gasteiger partial charge in [-0.2, -0.15) is 0 Å². The first kappa shape index (κ1) is 15.0. The van der Waals surface area contributed by atoms with E-state index in [2.05, 4.69) is 0 Å². The summed E-state index contributed by atoms with van der Waals surface area (Å²) in [4.78, 5) is 13.6. The van der Waals surface area contributed by atoms with Gasteiger partial charge in [0.15, 0.2) is 11.5 Å². The zero-order valence-electron chi connectivity index (χ0n) is 12.3. The van der Waals surface area contributed by atoms with Crippen LogP contribution in [0.25, 0.3) is 0 Å². The van der Waals surface area contributed by atoms with E-state index >= 15 is 0 Å². The van der Waals surface area contributed by atoms with Crippen molar-refractivity contribution in [3.05, 3.63) is 27.8 Å². The monoisotopic (exact) mass is 311 g/mol. The quantitative estimate of drug-likeness (QED) is 0.417. The molecule has 8 heteroatoms. The summed E-state index contributed by atoms with van der Waals surface area (Å²) in [7, 11) is 0. The van der Waals surface area contributed by atoms with E-state index in [1.165, 1.54) is 15.9 Å². The molecular formula is C14H21N3O5+2. The summed E-state index contributed by atoms with van der Waals surface area (Å²) in [5, 5.41) is 20.2. The minimum atomic E-state index is -0.357. The molecule has 8 nitrogen and oxygen atoms in total. The van der Waals surface area contributed by atoms with E-state index in [0.29, 0.717) is 23.6 Å². The Labute approximate surface area is 128 Å². The first-order valence-electron chi connectivity index (χ1n) is 7.52. The van der Waals surface area contributed by atoms with Crippen molar-refractivity contribution in [2.45, 2.75) is 6.54 Å². The number of nitro benzene ring substituents is 1. The fraction of sp³-hybridized carbons (Fsp3) is 0.571. The van der Waals surface area contributed by atoms with E-state index in [1.807, 2.05) is 0 Å². The number of aliphatic hydroxyl groups excluding tert-OH is 1. The van der Waals surface area contributed by atoms with Gasteiger partial charge in [-0.1, -0.05) is 0 Å². The largest absolute Gasteiger partial charge is 0.454 e. The molecule has 3 N–H and O–H groups in total. The van der Waals surface area contributed by atoms with Crippen LogP contribution in [0.3, 0.4) is 0 Å². The second-order valence-corrected chi connectivity index (χ2v) is 5.74. The van der Waals surface area contributed by atoms with Crippen molar-refractivity contribution in [2.24, 2.45) is 0 Å². The van der Waals surface area contributed by atoms with Crippen LogP contribution >= 0.6 is 0 Å². The summed E-state index contributed by atoms with van der Waals surface area (Å²) < 4.78 is 10.5. The zero-order valence-corrected chi connectivity index (χ0v) is 12.3. The highest BCUT2D eigenvalue weighted by Crippen LogP contribution is 2.37. The SMILES string of the molecule is O=[N+]([O-])c1cc2c(cc1C[NH+]1CC[NH+](CCO)CC1)OCO2. The number of nitro groups is 1. The maximum absolute atomic E-state index is 11.3. The van der Waals surface area contributed by atoms with Crippen molar-refractivity contribution in [2.75, 3.05) is 46.1 Å². The van der Waals surface area contributed by atoms with Crippen LogP contribution in [0, 0.1) is 10.1 Å². The van der Waals surface area contributed by atoms with Crippen LogP contribution in [0.2, 0.25) is 0 Å². The normalized spacial score (nSPS) is 23.5. The second-order valence-electron chi connectivity index (χ2n) is 5.74. The van der Waals surface area contributed by atoms with Gasteiger partial charge >= 0.3 is 0 Å². The van der Waals surface area contributed by atoms with Crippen LogP contribution in [0.5, 0.6) is 11.5 Å². The molecule has 0 amide bonds. The minimum absolute atomic E-state index is 0.0990. The van der Waals surface area contributed by atoms with Gasteiger partial charge in [0.1, 0.15) is 39.3 Å². The zero-order chi connectivity index (χ0) is 15.5. The summed E-state index contributed by atoms with van der Waals surface area (Å²) in [6.07, 6.45) is 0. The van der Waals surface area contributed by atoms with Crippen molar-refractivity contribution in [3.63, 3.8) is 0 Å². The van der Waals surface area contributed by atoms with Crippen LogP contribution < -0.4 is 19.3 Å². The Bertz CT molecular complexity index is 558. The van der Waals surface area contributed by atoms with E-state index in [1.54, 1.807) is 6.07 Å². The molecule has 22 heavy (non-hydrogen) atoms. The third-order valence-corrected chi connectivity index (χ3v) is 4.34. The molecule has 0 aliphatic carbocycles. The molecule has 0 radical (unpaired) electrons. The third-order valence-electron chi connectivity index (χ3n) is 4.34. The van der Waals surface area contributed by atoms with Gasteiger partial charge in [0.05, 0.1) is 23.2 Å². The summed E-state index contributed by atoms with van der Waals surface area (Å²) in [6.45, 7) is 5.56. The van der Waals surface area contributed by atoms with Crippen molar-refractivity contribution >= 4 is 5.69 Å². The van der Waals surface area contributed by atoms with Gasteiger partial charge < -0.3 is 24.4 Å². The fourth-order valence-corrected chi connectivity index (χ4v) is 3.10. The Kier molecular flexibility index (Phi) is 4.41. The Hall–Kier alpha value is -1.90. The first-order chi connectivity index (χ1) is 10.7. The molecule has 2 aliphatic rings. The van der Waals surface area contributed by atoms with E-state index < -0.39 is 0 Å². The number of aliphatic hydroxyl groups is 1. The van der Waals surface area contributed by atoms with Gasteiger partial charge in [-0.3, -0.25) is 10.1 Å². The number of nitrogens with zero attached hydrogens (tertiary/aromatic N) is 1. The number of rotatable bonds is 5. The molecule has 0 spiro atoms. The van der Waals surface area contributed by atoms with Crippen LogP contribution in [0.1, 0.15) is 5.56 Å². The average molecular weight is 311 g/mol. The molecule has 1 aromatic carbocycles. The number of hydrogen-bond acceptors (Lipinski definition) is 5. The summed E-state index contributed by atoms with van der Waals surface area (Å²) >= 11 is 0. The van der Waals surface area contributed by atoms with Crippen molar-refractivity contribution in [1.82, 2.24) is 0 Å². The van der Waals surface area contributed by atoms with Crippen LogP contribution in [0.4, 0.5) is 5.69 Å². The molecular weight excluding hydrogens is 290 g/mol. The number of hydrogen-bond donors (Lipinski definition) is 3. The van der Waals surface area contributed by atoms with Gasteiger partial charge in [-0.25, -0.2) is 0 Å². The smallest absolute Gasteiger partial charge is 0.282 e. The number of nitrogens with one attached hydrogen (secondary N) is 2. The standard InChI is InChI=1S/C14H19N3O5/c18-6-5-15-1-3-16(4-2-15)9-11-7-13-14(22-10-21-13)8-12(11)17(19)20/h7-8,18H,1-6,9-10H2/p+2. The van der Waals surface area contributed by atoms with Gasteiger partial charge in [-0.05, 0) is 6.07 Å². The Morgan fingerprint density at radius 1 is 1.14 bits per heavy atom. The summed E-state index contributed by atoms with van der Waals surface area (Å²) in [6, 6.07) is 3.20. The molecule has 120 valence electrons. The van der Waals surface area contributed by atoms with E-state index in [9.17, 15) is 10.1 Å². The average Bonchev–Trinajstić information content (AvgIpc) is 2.96. The molecule has 0 atom stereocenters. The maximum Gasteiger partial charge on any atom is 0.282 e. The lowest BCUT2D eigenvalue weighted by atomic mass is 10.1. The number of piperazine rings is 1. The molecule has 3 rings (SSSR count). The number of fused-ring (bicyclic) bond motifs is 1. The van der Waals surface area contributed by atoms with Crippen molar-refractivity contribution < 1.29 is 29.3 Å². The highest BCUT2D eigenvalue weighted by molar-refractivity contribution is 5.54. The highest BCUT2D eigenvalue weighted by atomic mass is 16.7. The van der Waals surface area contributed by atoms with Gasteiger partial charge in [-0.15, -0.1) is 0 Å². The van der Waals surface area contributed by atoms with Crippen LogP contribution in [0.15, 0.2) is 12.1 Å². The third kappa shape index (κ3) is 3.13. The fourth-order valence-electron chi connectivity index (χ4n) is 3.10. The first-order valence-corrected chi connectivity index (χ1v) is 7.52. The molecule has 0 aromatic heterocycles. The van der Waals surface area contributed by atoms with Crippen molar-refractivity contribution in [1.29, 1.82) is 0 Å². The molecule has 0 saturated carbocycles. The molecule has 0 bridgehead atoms. The Balaban J connectivity index is 1.71. The van der Waals surface area contributed by atoms with E-state index in [4.69, 9.17) is 14.6 Å². The summed E-state index contributed by atoms with van der Waals surface area (Å²) in [5.41, 5.74) is 0.789. The predicted molar refractivity (Wildman–Crippen MR) is 76.3 cm³/mol. The van der Waals surface area contributed by atoms with Crippen molar-refractivity contribution in [3.8, 4) is 11.5 Å². The van der Waals surface area contributed by atoms with E-state index in [-0.39, 0.29) is 24.0 Å². The Morgan fingerprint density at radius 2 is 1.77 bits per heavy atom.